The van der Waals surface area contributed by atoms with Gasteiger partial charge in [0.25, 0.3) is 0 Å². The molecule has 0 radical (unpaired) electrons. The highest BCUT2D eigenvalue weighted by atomic mass is 19.1. The maximum atomic E-state index is 13.6. The third-order valence-corrected chi connectivity index (χ3v) is 2.62. The largest absolute Gasteiger partial charge is 0.494 e. The van der Waals surface area contributed by atoms with Crippen molar-refractivity contribution in [1.29, 1.82) is 0 Å². The third-order valence-electron chi connectivity index (χ3n) is 2.62. The number of amides is 1. The Labute approximate surface area is 110 Å². The van der Waals surface area contributed by atoms with E-state index >= 15 is 0 Å². The van der Waals surface area contributed by atoms with Crippen LogP contribution in [0.25, 0.3) is 0 Å². The SMILES string of the molecule is CCNC(=O)C(CC(=O)O)c1ccc(OC)c(F)c1. The van der Waals surface area contributed by atoms with E-state index in [9.17, 15) is 14.0 Å². The monoisotopic (exact) mass is 269 g/mol. The van der Waals surface area contributed by atoms with Crippen LogP contribution in [0.1, 0.15) is 24.8 Å². The molecular formula is C13H16FNO4. The molecule has 19 heavy (non-hydrogen) atoms. The van der Waals surface area contributed by atoms with E-state index in [0.717, 1.165) is 6.07 Å². The van der Waals surface area contributed by atoms with Crippen LogP contribution in [0.5, 0.6) is 5.75 Å². The van der Waals surface area contributed by atoms with Crippen LogP contribution >= 0.6 is 0 Å². The zero-order valence-electron chi connectivity index (χ0n) is 10.8. The van der Waals surface area contributed by atoms with Crippen LogP contribution in [0.15, 0.2) is 18.2 Å². The van der Waals surface area contributed by atoms with Gasteiger partial charge >= 0.3 is 5.97 Å². The van der Waals surface area contributed by atoms with Gasteiger partial charge in [-0.05, 0) is 24.6 Å². The van der Waals surface area contributed by atoms with Gasteiger partial charge in [-0.2, -0.15) is 0 Å². The minimum atomic E-state index is -1.12. The standard InChI is InChI=1S/C13H16FNO4/c1-3-15-13(18)9(7-12(16)17)8-4-5-11(19-2)10(14)6-8/h4-6,9H,3,7H2,1-2H3,(H,15,18)(H,16,17). The van der Waals surface area contributed by atoms with E-state index in [-0.39, 0.29) is 5.75 Å². The van der Waals surface area contributed by atoms with Gasteiger partial charge in [0, 0.05) is 6.54 Å². The van der Waals surface area contributed by atoms with Gasteiger partial charge in [-0.1, -0.05) is 6.07 Å². The number of aliphatic carboxylic acids is 1. The zero-order chi connectivity index (χ0) is 14.4. The van der Waals surface area contributed by atoms with Crippen molar-refractivity contribution >= 4 is 11.9 Å². The summed E-state index contributed by atoms with van der Waals surface area (Å²) >= 11 is 0. The second-order valence-corrected chi connectivity index (χ2v) is 3.94. The molecule has 0 saturated carbocycles. The van der Waals surface area contributed by atoms with Gasteiger partial charge in [0.2, 0.25) is 5.91 Å². The van der Waals surface area contributed by atoms with E-state index in [4.69, 9.17) is 9.84 Å². The first-order valence-corrected chi connectivity index (χ1v) is 5.82. The fraction of sp³-hybridized carbons (Fsp3) is 0.385. The van der Waals surface area contributed by atoms with E-state index in [1.807, 2.05) is 0 Å². The summed E-state index contributed by atoms with van der Waals surface area (Å²) in [5.41, 5.74) is 0.312. The van der Waals surface area contributed by atoms with Crippen LogP contribution in [0.2, 0.25) is 0 Å². The Morgan fingerprint density at radius 3 is 2.63 bits per heavy atom. The number of halogens is 1. The second-order valence-electron chi connectivity index (χ2n) is 3.94. The van der Waals surface area contributed by atoms with Crippen LogP contribution in [0.4, 0.5) is 4.39 Å². The van der Waals surface area contributed by atoms with Crippen LogP contribution in [0.3, 0.4) is 0 Å². The molecule has 1 unspecified atom stereocenters. The van der Waals surface area contributed by atoms with Crippen LogP contribution < -0.4 is 10.1 Å². The van der Waals surface area contributed by atoms with Gasteiger partial charge < -0.3 is 15.2 Å². The second kappa shape index (κ2) is 6.72. The van der Waals surface area contributed by atoms with Gasteiger partial charge in [-0.15, -0.1) is 0 Å². The number of carbonyl (C=O) groups excluding carboxylic acids is 1. The Hall–Kier alpha value is -2.11. The molecule has 1 atom stereocenters. The number of rotatable bonds is 6. The maximum Gasteiger partial charge on any atom is 0.304 e. The first-order valence-electron chi connectivity index (χ1n) is 5.82. The molecule has 1 amide bonds. The number of hydrogen-bond donors (Lipinski definition) is 2. The highest BCUT2D eigenvalue weighted by Crippen LogP contribution is 2.25. The third kappa shape index (κ3) is 3.94. The van der Waals surface area contributed by atoms with Crippen molar-refractivity contribution < 1.29 is 23.8 Å². The summed E-state index contributed by atoms with van der Waals surface area (Å²) in [6, 6.07) is 3.99. The Morgan fingerprint density at radius 2 is 2.16 bits per heavy atom. The molecule has 0 aliphatic carbocycles. The van der Waals surface area contributed by atoms with E-state index in [2.05, 4.69) is 5.32 Å². The lowest BCUT2D eigenvalue weighted by molar-refractivity contribution is -0.139. The summed E-state index contributed by atoms with van der Waals surface area (Å²) in [6.45, 7) is 2.11. The Bertz CT molecular complexity index is 476. The van der Waals surface area contributed by atoms with Crippen molar-refractivity contribution in [3.05, 3.63) is 29.6 Å². The number of carboxylic acids is 1. The first-order chi connectivity index (χ1) is 8.99. The van der Waals surface area contributed by atoms with E-state index in [1.165, 1.54) is 19.2 Å². The summed E-state index contributed by atoms with van der Waals surface area (Å²) in [6.07, 6.45) is -0.391. The van der Waals surface area contributed by atoms with Crippen LogP contribution in [-0.2, 0) is 9.59 Å². The minimum absolute atomic E-state index is 0.0497. The zero-order valence-corrected chi connectivity index (χ0v) is 10.8. The average Bonchev–Trinajstić information content (AvgIpc) is 2.36. The molecule has 0 heterocycles. The first kappa shape index (κ1) is 14.9. The number of hydrogen-bond acceptors (Lipinski definition) is 3. The lowest BCUT2D eigenvalue weighted by Crippen LogP contribution is -2.30. The summed E-state index contributed by atoms with van der Waals surface area (Å²) in [5, 5.41) is 11.4. The number of carbonyl (C=O) groups is 2. The quantitative estimate of drug-likeness (QED) is 0.821. The fourth-order valence-corrected chi connectivity index (χ4v) is 1.73. The normalized spacial score (nSPS) is 11.7. The van der Waals surface area contributed by atoms with E-state index in [0.29, 0.717) is 12.1 Å². The topological polar surface area (TPSA) is 75.6 Å². The molecule has 5 nitrogen and oxygen atoms in total. The number of likely N-dealkylation sites (N-methyl/N-ethyl adjacent to an activating group) is 1. The molecule has 0 fully saturated rings. The lowest BCUT2D eigenvalue weighted by atomic mass is 9.94. The molecule has 1 aromatic rings. The number of benzene rings is 1. The molecule has 6 heteroatoms. The van der Waals surface area contributed by atoms with Crippen molar-refractivity contribution in [3.8, 4) is 5.75 Å². The molecule has 0 aromatic heterocycles. The van der Waals surface area contributed by atoms with Gasteiger partial charge in [0.15, 0.2) is 11.6 Å². The maximum absolute atomic E-state index is 13.6. The van der Waals surface area contributed by atoms with E-state index < -0.39 is 30.0 Å². The van der Waals surface area contributed by atoms with Gasteiger partial charge in [0.1, 0.15) is 0 Å². The summed E-state index contributed by atoms with van der Waals surface area (Å²) < 4.78 is 18.4. The molecule has 0 bridgehead atoms. The number of carboxylic acid groups (broad SMARTS) is 1. The van der Waals surface area contributed by atoms with E-state index in [1.54, 1.807) is 6.92 Å². The minimum Gasteiger partial charge on any atom is -0.494 e. The lowest BCUT2D eigenvalue weighted by Gasteiger charge is -2.15. The molecule has 2 N–H and O–H groups in total. The van der Waals surface area contributed by atoms with Gasteiger partial charge in [0.05, 0.1) is 19.4 Å². The molecule has 1 aromatic carbocycles. The van der Waals surface area contributed by atoms with Crippen LogP contribution in [0, 0.1) is 5.82 Å². The highest BCUT2D eigenvalue weighted by Gasteiger charge is 2.24. The molecular weight excluding hydrogens is 253 g/mol. The Kier molecular flexibility index (Phi) is 5.29. The summed E-state index contributed by atoms with van der Waals surface area (Å²) in [5.74, 6) is -3.05. The smallest absolute Gasteiger partial charge is 0.304 e. The number of methoxy groups -OCH3 is 1. The van der Waals surface area contributed by atoms with Crippen molar-refractivity contribution in [3.63, 3.8) is 0 Å². The van der Waals surface area contributed by atoms with Crippen molar-refractivity contribution in [2.45, 2.75) is 19.3 Å². The predicted octanol–water partition coefficient (Wildman–Crippen LogP) is 1.53. The Balaban J connectivity index is 3.06. The molecule has 0 aliphatic rings. The molecule has 0 spiro atoms. The van der Waals surface area contributed by atoms with Crippen molar-refractivity contribution in [2.24, 2.45) is 0 Å². The highest BCUT2D eigenvalue weighted by molar-refractivity contribution is 5.87. The Morgan fingerprint density at radius 1 is 1.47 bits per heavy atom. The predicted molar refractivity (Wildman–Crippen MR) is 66.6 cm³/mol. The molecule has 0 aliphatic heterocycles. The van der Waals surface area contributed by atoms with Gasteiger partial charge in [-0.3, -0.25) is 9.59 Å². The number of nitrogens with one attached hydrogen (secondary N) is 1. The van der Waals surface area contributed by atoms with Gasteiger partial charge in [-0.25, -0.2) is 4.39 Å². The number of ether oxygens (including phenoxy) is 1. The molecule has 0 saturated heterocycles. The fourth-order valence-electron chi connectivity index (χ4n) is 1.73. The molecule has 104 valence electrons. The molecule has 1 rings (SSSR count). The summed E-state index contributed by atoms with van der Waals surface area (Å²) in [7, 11) is 1.33. The van der Waals surface area contributed by atoms with Crippen LogP contribution in [-0.4, -0.2) is 30.6 Å². The summed E-state index contributed by atoms with van der Waals surface area (Å²) in [4.78, 5) is 22.6. The van der Waals surface area contributed by atoms with Crippen molar-refractivity contribution in [2.75, 3.05) is 13.7 Å². The average molecular weight is 269 g/mol. The van der Waals surface area contributed by atoms with Crippen molar-refractivity contribution in [1.82, 2.24) is 5.32 Å².